The Bertz CT molecular complexity index is 1520. The van der Waals surface area contributed by atoms with Crippen LogP contribution in [0.5, 0.6) is 28.7 Å². The first-order valence-electron chi connectivity index (χ1n) is 12.9. The third-order valence-corrected chi connectivity index (χ3v) is 7.25. The molecule has 3 aromatic rings. The summed E-state index contributed by atoms with van der Waals surface area (Å²) in [5.74, 6) is -2.89. The van der Waals surface area contributed by atoms with E-state index in [9.17, 15) is 50.8 Å². The summed E-state index contributed by atoms with van der Waals surface area (Å²) >= 11 is 0. The Hall–Kier alpha value is -3.67. The van der Waals surface area contributed by atoms with Crippen LogP contribution < -0.4 is 14.9 Å². The first-order valence-corrected chi connectivity index (χ1v) is 12.9. The van der Waals surface area contributed by atoms with Crippen molar-refractivity contribution in [3.8, 4) is 40.1 Å². The number of phenolic OH excluding ortho intramolecular Hbond substituents is 3. The Balaban J connectivity index is 1.61. The quantitative estimate of drug-likeness (QED) is 0.161. The van der Waals surface area contributed by atoms with Crippen molar-refractivity contribution in [2.45, 2.75) is 75.3 Å². The van der Waals surface area contributed by atoms with E-state index in [1.807, 2.05) is 0 Å². The van der Waals surface area contributed by atoms with Gasteiger partial charge in [0.05, 0.1) is 12.2 Å². The Morgan fingerprint density at radius 3 is 1.81 bits per heavy atom. The molecular formula is C27H30O15. The van der Waals surface area contributed by atoms with Gasteiger partial charge in [-0.2, -0.15) is 0 Å². The number of ether oxygens (including phenoxy) is 4. The zero-order chi connectivity index (χ0) is 30.6. The van der Waals surface area contributed by atoms with Gasteiger partial charge in [0, 0.05) is 17.7 Å². The highest BCUT2D eigenvalue weighted by molar-refractivity contribution is 5.88. The highest BCUT2D eigenvalue weighted by Crippen LogP contribution is 2.40. The van der Waals surface area contributed by atoms with E-state index in [1.54, 1.807) is 0 Å². The van der Waals surface area contributed by atoms with Gasteiger partial charge in [-0.1, -0.05) is 0 Å². The van der Waals surface area contributed by atoms with Gasteiger partial charge in [-0.3, -0.25) is 4.79 Å². The lowest BCUT2D eigenvalue weighted by Crippen LogP contribution is -2.58. The monoisotopic (exact) mass is 594 g/mol. The summed E-state index contributed by atoms with van der Waals surface area (Å²) in [6.07, 6.45) is -14.7. The lowest BCUT2D eigenvalue weighted by molar-refractivity contribution is -0.268. The summed E-state index contributed by atoms with van der Waals surface area (Å²) in [6.45, 7) is 2.85. The number of aromatic hydroxyl groups is 3. The van der Waals surface area contributed by atoms with E-state index < -0.39 is 95.2 Å². The largest absolute Gasteiger partial charge is 0.507 e. The fraction of sp³-hybridized carbons (Fsp3) is 0.444. The van der Waals surface area contributed by atoms with E-state index in [0.29, 0.717) is 0 Å². The normalized spacial score (nSPS) is 33.4. The Labute approximate surface area is 236 Å². The van der Waals surface area contributed by atoms with Crippen molar-refractivity contribution >= 4 is 11.0 Å². The maximum Gasteiger partial charge on any atom is 0.239 e. The zero-order valence-electron chi connectivity index (χ0n) is 22.1. The molecule has 0 radical (unpaired) electrons. The van der Waals surface area contributed by atoms with Crippen molar-refractivity contribution in [3.63, 3.8) is 0 Å². The summed E-state index contributed by atoms with van der Waals surface area (Å²) in [7, 11) is 0. The van der Waals surface area contributed by atoms with Crippen LogP contribution in [0, 0.1) is 0 Å². The number of fused-ring (bicyclic) bond motifs is 1. The minimum Gasteiger partial charge on any atom is -0.507 e. The second-order valence-electron chi connectivity index (χ2n) is 10.2. The molecule has 15 nitrogen and oxygen atoms in total. The predicted octanol–water partition coefficient (Wildman–Crippen LogP) is -1.01. The van der Waals surface area contributed by atoms with Gasteiger partial charge in [-0.25, -0.2) is 0 Å². The van der Waals surface area contributed by atoms with Gasteiger partial charge in [0.1, 0.15) is 59.1 Å². The number of aliphatic hydroxyl groups excluding tert-OH is 6. The number of aliphatic hydroxyl groups is 6. The van der Waals surface area contributed by atoms with Crippen LogP contribution in [-0.4, -0.2) is 107 Å². The second kappa shape index (κ2) is 11.2. The molecule has 2 aliphatic rings. The molecule has 0 spiro atoms. The van der Waals surface area contributed by atoms with E-state index in [-0.39, 0.29) is 22.7 Å². The average Bonchev–Trinajstić information content (AvgIpc) is 2.94. The predicted molar refractivity (Wildman–Crippen MR) is 139 cm³/mol. The van der Waals surface area contributed by atoms with Gasteiger partial charge < -0.3 is 69.3 Å². The Morgan fingerprint density at radius 2 is 1.24 bits per heavy atom. The standard InChI is InChI=1S/C27H30O15/c1-8-17(31)20(34)22(36)26(38-8)40-11-6-14(30)16-15(7-11)41-24(10-3-4-12(28)13(29)5-10)25(19(16)33)42-27-23(37)21(35)18(32)9(2)39-27/h3-9,17-18,20-23,26-32,34-37H,1-2H3/t8-,9-,17-,18-,20+,21+,22-,23+,26+,27+/m0/s1. The highest BCUT2D eigenvalue weighted by Gasteiger charge is 2.45. The molecular weight excluding hydrogens is 564 g/mol. The third kappa shape index (κ3) is 5.21. The van der Waals surface area contributed by atoms with Gasteiger partial charge >= 0.3 is 0 Å². The fourth-order valence-corrected chi connectivity index (χ4v) is 4.76. The molecule has 3 heterocycles. The molecule has 2 saturated heterocycles. The van der Waals surface area contributed by atoms with Crippen molar-refractivity contribution in [1.29, 1.82) is 0 Å². The topological polar surface area (TPSA) is 249 Å². The van der Waals surface area contributed by atoms with Gasteiger partial charge in [-0.15, -0.1) is 0 Å². The minimum atomic E-state index is -1.81. The zero-order valence-corrected chi connectivity index (χ0v) is 22.1. The molecule has 9 N–H and O–H groups in total. The number of hydrogen-bond acceptors (Lipinski definition) is 15. The lowest BCUT2D eigenvalue weighted by atomic mass is 10.00. The van der Waals surface area contributed by atoms with Gasteiger partial charge in [0.25, 0.3) is 0 Å². The van der Waals surface area contributed by atoms with Crippen molar-refractivity contribution in [2.24, 2.45) is 0 Å². The van der Waals surface area contributed by atoms with E-state index in [0.717, 1.165) is 24.3 Å². The molecule has 1 aromatic heterocycles. The third-order valence-electron chi connectivity index (χ3n) is 7.25. The van der Waals surface area contributed by atoms with Crippen LogP contribution in [0.2, 0.25) is 0 Å². The molecule has 0 saturated carbocycles. The molecule has 2 aromatic carbocycles. The molecule has 42 heavy (non-hydrogen) atoms. The molecule has 0 bridgehead atoms. The van der Waals surface area contributed by atoms with Gasteiger partial charge in [0.2, 0.25) is 23.8 Å². The van der Waals surface area contributed by atoms with Crippen molar-refractivity contribution in [3.05, 3.63) is 40.6 Å². The number of benzene rings is 2. The van der Waals surface area contributed by atoms with Gasteiger partial charge in [-0.05, 0) is 32.0 Å². The van der Waals surface area contributed by atoms with Crippen molar-refractivity contribution in [1.82, 2.24) is 0 Å². The molecule has 10 atom stereocenters. The average molecular weight is 595 g/mol. The maximum atomic E-state index is 13.7. The molecule has 228 valence electrons. The second-order valence-corrected chi connectivity index (χ2v) is 10.2. The summed E-state index contributed by atoms with van der Waals surface area (Å²) in [5, 5.41) is 91.2. The van der Waals surface area contributed by atoms with Crippen molar-refractivity contribution < 1.29 is 69.3 Å². The first-order chi connectivity index (χ1) is 19.8. The molecule has 2 fully saturated rings. The molecule has 0 amide bonds. The number of hydrogen-bond donors (Lipinski definition) is 9. The fourth-order valence-electron chi connectivity index (χ4n) is 4.76. The molecule has 0 unspecified atom stereocenters. The van der Waals surface area contributed by atoms with Crippen LogP contribution in [-0.2, 0) is 9.47 Å². The summed E-state index contributed by atoms with van der Waals surface area (Å²) in [4.78, 5) is 13.7. The van der Waals surface area contributed by atoms with E-state index >= 15 is 0 Å². The summed E-state index contributed by atoms with van der Waals surface area (Å²) < 4.78 is 28.0. The highest BCUT2D eigenvalue weighted by atomic mass is 16.7. The minimum absolute atomic E-state index is 0.000938. The van der Waals surface area contributed by atoms with E-state index in [2.05, 4.69) is 0 Å². The molecule has 5 rings (SSSR count). The number of rotatable bonds is 5. The Morgan fingerprint density at radius 1 is 0.667 bits per heavy atom. The molecule has 15 heteroatoms. The van der Waals surface area contributed by atoms with Crippen LogP contribution >= 0.6 is 0 Å². The lowest BCUT2D eigenvalue weighted by Gasteiger charge is -2.39. The van der Waals surface area contributed by atoms with Crippen LogP contribution in [0.25, 0.3) is 22.3 Å². The molecule has 2 aliphatic heterocycles. The van der Waals surface area contributed by atoms with Gasteiger partial charge in [0.15, 0.2) is 17.3 Å². The van der Waals surface area contributed by atoms with Crippen LogP contribution in [0.4, 0.5) is 0 Å². The van der Waals surface area contributed by atoms with Crippen LogP contribution in [0.3, 0.4) is 0 Å². The molecule has 0 aliphatic carbocycles. The van der Waals surface area contributed by atoms with E-state index in [4.69, 9.17) is 23.4 Å². The van der Waals surface area contributed by atoms with Crippen LogP contribution in [0.1, 0.15) is 13.8 Å². The maximum absolute atomic E-state index is 13.7. The first kappa shape index (κ1) is 29.8. The summed E-state index contributed by atoms with van der Waals surface area (Å²) in [5.41, 5.74) is -1.26. The van der Waals surface area contributed by atoms with Crippen molar-refractivity contribution in [2.75, 3.05) is 0 Å². The van der Waals surface area contributed by atoms with Crippen LogP contribution in [0.15, 0.2) is 39.5 Å². The Kier molecular flexibility index (Phi) is 7.95. The summed E-state index contributed by atoms with van der Waals surface area (Å²) in [6, 6.07) is 5.59. The SMILES string of the molecule is C[C@@H]1O[C@H](Oc2c(-c3ccc(O)c(O)c3)oc3cc(O[C@H]4O[C@@H](C)[C@H](O)[C@@H](O)[C@@H]4O)cc(O)c3c2=O)[C@H](O)[C@H](O)[C@H]1O. The number of phenols is 3. The smallest absolute Gasteiger partial charge is 0.239 e. The van der Waals surface area contributed by atoms with E-state index in [1.165, 1.54) is 19.9 Å².